The predicted octanol–water partition coefficient (Wildman–Crippen LogP) is 2.84. The second-order valence-corrected chi connectivity index (χ2v) is 4.12. The third kappa shape index (κ3) is 2.09. The van der Waals surface area contributed by atoms with Crippen LogP contribution in [0.1, 0.15) is 15.9 Å². The number of halogens is 1. The summed E-state index contributed by atoms with van der Waals surface area (Å²) in [4.78, 5) is 15.6. The number of nitrogens with zero attached hydrogens (tertiary/aromatic N) is 1. The Morgan fingerprint density at radius 3 is 3.00 bits per heavy atom. The van der Waals surface area contributed by atoms with Gasteiger partial charge in [0.25, 0.3) is 5.91 Å². The maximum absolute atomic E-state index is 13.6. The van der Waals surface area contributed by atoms with Crippen LogP contribution in [0, 0.1) is 12.7 Å². The van der Waals surface area contributed by atoms with Gasteiger partial charge in [-0.15, -0.1) is 11.3 Å². The fourth-order valence-corrected chi connectivity index (χ4v) is 1.80. The molecule has 82 valence electrons. The van der Waals surface area contributed by atoms with Crippen LogP contribution in [0.3, 0.4) is 0 Å². The molecule has 1 aromatic heterocycles. The number of aryl methyl sites for hydroxylation is 1. The highest BCUT2D eigenvalue weighted by atomic mass is 32.1. The number of nitrogens with one attached hydrogen (secondary N) is 1. The molecule has 0 fully saturated rings. The summed E-state index contributed by atoms with van der Waals surface area (Å²) in [5.41, 5.74) is 0.488. The Morgan fingerprint density at radius 2 is 2.31 bits per heavy atom. The zero-order valence-electron chi connectivity index (χ0n) is 8.53. The van der Waals surface area contributed by atoms with Gasteiger partial charge < -0.3 is 0 Å². The summed E-state index contributed by atoms with van der Waals surface area (Å²) in [5, 5.41) is 4.74. The van der Waals surface area contributed by atoms with E-state index in [9.17, 15) is 9.18 Å². The fraction of sp³-hybridized carbons (Fsp3) is 0.0909. The van der Waals surface area contributed by atoms with Crippen LogP contribution in [-0.4, -0.2) is 10.9 Å². The standard InChI is InChI=1S/C11H9FN2OS/c1-7-3-2-4-8(9(7)12)10(15)14-11-13-5-6-16-11/h2-6H,1H3,(H,13,14,15). The molecule has 1 heterocycles. The average Bonchev–Trinajstić information content (AvgIpc) is 2.74. The van der Waals surface area contributed by atoms with Crippen LogP contribution in [0.4, 0.5) is 9.52 Å². The molecular formula is C11H9FN2OS. The van der Waals surface area contributed by atoms with E-state index in [2.05, 4.69) is 10.3 Å². The molecule has 0 radical (unpaired) electrons. The first-order chi connectivity index (χ1) is 7.68. The van der Waals surface area contributed by atoms with Crippen LogP contribution < -0.4 is 5.32 Å². The largest absolute Gasteiger partial charge is 0.298 e. The first-order valence-corrected chi connectivity index (χ1v) is 5.52. The van der Waals surface area contributed by atoms with Crippen LogP contribution >= 0.6 is 11.3 Å². The predicted molar refractivity (Wildman–Crippen MR) is 61.2 cm³/mol. The lowest BCUT2D eigenvalue weighted by atomic mass is 10.1. The summed E-state index contributed by atoms with van der Waals surface area (Å²) in [6.45, 7) is 1.62. The van der Waals surface area contributed by atoms with Crippen molar-refractivity contribution in [1.82, 2.24) is 4.98 Å². The summed E-state index contributed by atoms with van der Waals surface area (Å²) in [7, 11) is 0. The first-order valence-electron chi connectivity index (χ1n) is 4.64. The number of thiazole rings is 1. The average molecular weight is 236 g/mol. The maximum Gasteiger partial charge on any atom is 0.260 e. The monoisotopic (exact) mass is 236 g/mol. The molecule has 0 atom stereocenters. The molecule has 0 saturated carbocycles. The molecule has 3 nitrogen and oxygen atoms in total. The topological polar surface area (TPSA) is 42.0 Å². The molecule has 0 bridgehead atoms. The lowest BCUT2D eigenvalue weighted by Gasteiger charge is -2.04. The minimum absolute atomic E-state index is 0.0372. The minimum atomic E-state index is -0.489. The van der Waals surface area contributed by atoms with Crippen LogP contribution in [-0.2, 0) is 0 Å². The van der Waals surface area contributed by atoms with Crippen molar-refractivity contribution >= 4 is 22.4 Å². The lowest BCUT2D eigenvalue weighted by molar-refractivity contribution is 0.102. The summed E-state index contributed by atoms with van der Waals surface area (Å²) >= 11 is 1.29. The van der Waals surface area contributed by atoms with Crippen LogP contribution in [0.5, 0.6) is 0 Å². The molecule has 5 heteroatoms. The molecule has 2 rings (SSSR count). The van der Waals surface area contributed by atoms with Crippen LogP contribution in [0.2, 0.25) is 0 Å². The van der Waals surface area contributed by atoms with Crippen LogP contribution in [0.15, 0.2) is 29.8 Å². The fourth-order valence-electron chi connectivity index (χ4n) is 1.27. The van der Waals surface area contributed by atoms with Crippen molar-refractivity contribution in [3.63, 3.8) is 0 Å². The van der Waals surface area contributed by atoms with Gasteiger partial charge in [0.05, 0.1) is 5.56 Å². The zero-order chi connectivity index (χ0) is 11.5. The number of hydrogen-bond donors (Lipinski definition) is 1. The Bertz CT molecular complexity index is 511. The molecule has 2 aromatic rings. The van der Waals surface area contributed by atoms with Gasteiger partial charge in [-0.05, 0) is 18.6 Å². The third-order valence-corrected chi connectivity index (χ3v) is 2.78. The molecule has 16 heavy (non-hydrogen) atoms. The Kier molecular flexibility index (Phi) is 2.96. The maximum atomic E-state index is 13.6. The SMILES string of the molecule is Cc1cccc(C(=O)Nc2nccs2)c1F. The van der Waals surface area contributed by atoms with Crippen molar-refractivity contribution in [2.24, 2.45) is 0 Å². The van der Waals surface area contributed by atoms with E-state index >= 15 is 0 Å². The van der Waals surface area contributed by atoms with Crippen molar-refractivity contribution in [3.8, 4) is 0 Å². The van der Waals surface area contributed by atoms with E-state index < -0.39 is 11.7 Å². The Hall–Kier alpha value is -1.75. The van der Waals surface area contributed by atoms with E-state index in [1.54, 1.807) is 30.6 Å². The Labute approximate surface area is 96.0 Å². The van der Waals surface area contributed by atoms with Gasteiger partial charge in [0.2, 0.25) is 0 Å². The number of amides is 1. The van der Waals surface area contributed by atoms with Gasteiger partial charge >= 0.3 is 0 Å². The van der Waals surface area contributed by atoms with Gasteiger partial charge in [0, 0.05) is 11.6 Å². The van der Waals surface area contributed by atoms with Gasteiger partial charge in [-0.3, -0.25) is 10.1 Å². The van der Waals surface area contributed by atoms with Crippen molar-refractivity contribution < 1.29 is 9.18 Å². The van der Waals surface area contributed by atoms with Crippen molar-refractivity contribution in [2.75, 3.05) is 5.32 Å². The Balaban J connectivity index is 2.24. The van der Waals surface area contributed by atoms with E-state index in [1.807, 2.05) is 0 Å². The van der Waals surface area contributed by atoms with Crippen molar-refractivity contribution in [1.29, 1.82) is 0 Å². The minimum Gasteiger partial charge on any atom is -0.298 e. The Morgan fingerprint density at radius 1 is 1.50 bits per heavy atom. The second kappa shape index (κ2) is 4.40. The molecule has 0 aliphatic rings. The first kappa shape index (κ1) is 10.8. The van der Waals surface area contributed by atoms with E-state index in [1.165, 1.54) is 17.4 Å². The quantitative estimate of drug-likeness (QED) is 0.871. The molecule has 0 unspecified atom stereocenters. The van der Waals surface area contributed by atoms with E-state index in [0.717, 1.165) is 0 Å². The number of anilines is 1. The summed E-state index contributed by atoms with van der Waals surface area (Å²) < 4.78 is 13.6. The number of benzene rings is 1. The number of carbonyl (C=O) groups excluding carboxylic acids is 1. The van der Waals surface area contributed by atoms with Crippen molar-refractivity contribution in [3.05, 3.63) is 46.7 Å². The van der Waals surface area contributed by atoms with Crippen molar-refractivity contribution in [2.45, 2.75) is 6.92 Å². The molecule has 1 aromatic carbocycles. The van der Waals surface area contributed by atoms with E-state index in [-0.39, 0.29) is 5.56 Å². The molecule has 0 aliphatic heterocycles. The van der Waals surface area contributed by atoms with Gasteiger partial charge in [0.15, 0.2) is 5.13 Å². The highest BCUT2D eigenvalue weighted by Crippen LogP contribution is 2.16. The van der Waals surface area contributed by atoms with Gasteiger partial charge in [-0.2, -0.15) is 0 Å². The highest BCUT2D eigenvalue weighted by molar-refractivity contribution is 7.13. The smallest absolute Gasteiger partial charge is 0.260 e. The number of aromatic nitrogens is 1. The number of rotatable bonds is 2. The summed E-state index contributed by atoms with van der Waals surface area (Å²) in [6.07, 6.45) is 1.58. The van der Waals surface area contributed by atoms with Gasteiger partial charge in [0.1, 0.15) is 5.82 Å². The van der Waals surface area contributed by atoms with Gasteiger partial charge in [-0.1, -0.05) is 12.1 Å². The number of carbonyl (C=O) groups is 1. The normalized spacial score (nSPS) is 10.1. The van der Waals surface area contributed by atoms with E-state index in [0.29, 0.717) is 10.7 Å². The molecular weight excluding hydrogens is 227 g/mol. The zero-order valence-corrected chi connectivity index (χ0v) is 9.34. The summed E-state index contributed by atoms with van der Waals surface area (Å²) in [5.74, 6) is -0.965. The molecule has 0 saturated heterocycles. The second-order valence-electron chi connectivity index (χ2n) is 3.23. The molecule has 0 aliphatic carbocycles. The van der Waals surface area contributed by atoms with Gasteiger partial charge in [-0.25, -0.2) is 9.37 Å². The van der Waals surface area contributed by atoms with Crippen LogP contribution in [0.25, 0.3) is 0 Å². The third-order valence-electron chi connectivity index (χ3n) is 2.09. The summed E-state index contributed by atoms with van der Waals surface area (Å²) in [6, 6.07) is 4.72. The van der Waals surface area contributed by atoms with E-state index in [4.69, 9.17) is 0 Å². The molecule has 0 spiro atoms. The number of hydrogen-bond acceptors (Lipinski definition) is 3. The lowest BCUT2D eigenvalue weighted by Crippen LogP contribution is -2.14. The molecule has 1 amide bonds. The highest BCUT2D eigenvalue weighted by Gasteiger charge is 2.13. The molecule has 1 N–H and O–H groups in total.